The van der Waals surface area contributed by atoms with Gasteiger partial charge in [-0.3, -0.25) is 14.6 Å². The number of hydrogen-bond acceptors (Lipinski definition) is 6. The molecule has 25 heavy (non-hydrogen) atoms. The molecule has 0 spiro atoms. The van der Waals surface area contributed by atoms with E-state index in [-0.39, 0.29) is 5.91 Å². The van der Waals surface area contributed by atoms with Gasteiger partial charge in [0.1, 0.15) is 0 Å². The smallest absolute Gasteiger partial charge is 0.219 e. The van der Waals surface area contributed by atoms with Crippen molar-refractivity contribution >= 4 is 5.91 Å². The molecule has 1 aromatic rings. The largest absolute Gasteiger partial charge is 0.342 e. The molecule has 2 atom stereocenters. The minimum Gasteiger partial charge on any atom is -0.342 e. The van der Waals surface area contributed by atoms with Gasteiger partial charge in [0, 0.05) is 52.2 Å². The van der Waals surface area contributed by atoms with Crippen LogP contribution < -0.4 is 0 Å². The fraction of sp³-hybridized carbons (Fsp3) is 0.882. The Kier molecular flexibility index (Phi) is 4.73. The second-order valence-electron chi connectivity index (χ2n) is 7.91. The number of aromatic nitrogens is 4. The van der Waals surface area contributed by atoms with Crippen molar-refractivity contribution in [3.63, 3.8) is 0 Å². The molecule has 3 fully saturated rings. The first-order chi connectivity index (χ1) is 12.1. The summed E-state index contributed by atoms with van der Waals surface area (Å²) >= 11 is 0. The predicted molar refractivity (Wildman–Crippen MR) is 92.8 cm³/mol. The minimum absolute atomic E-state index is 0.204. The van der Waals surface area contributed by atoms with Crippen molar-refractivity contribution in [2.75, 3.05) is 39.3 Å². The molecule has 0 bridgehead atoms. The van der Waals surface area contributed by atoms with E-state index in [0.29, 0.717) is 18.0 Å². The molecule has 3 heterocycles. The van der Waals surface area contributed by atoms with E-state index in [0.717, 1.165) is 58.1 Å². The zero-order valence-electron chi connectivity index (χ0n) is 15.3. The molecule has 1 aliphatic carbocycles. The Labute approximate surface area is 149 Å². The first-order valence-electron chi connectivity index (χ1n) is 9.60. The van der Waals surface area contributed by atoms with Gasteiger partial charge in [-0.2, -0.15) is 0 Å². The van der Waals surface area contributed by atoms with Crippen LogP contribution in [-0.4, -0.2) is 86.1 Å². The van der Waals surface area contributed by atoms with Crippen molar-refractivity contribution in [1.29, 1.82) is 0 Å². The van der Waals surface area contributed by atoms with Gasteiger partial charge < -0.3 is 4.90 Å². The fourth-order valence-electron chi connectivity index (χ4n) is 4.36. The van der Waals surface area contributed by atoms with Crippen LogP contribution in [0.4, 0.5) is 0 Å². The lowest BCUT2D eigenvalue weighted by Gasteiger charge is -2.30. The summed E-state index contributed by atoms with van der Waals surface area (Å²) < 4.78 is 2.02. The monoisotopic (exact) mass is 347 g/mol. The van der Waals surface area contributed by atoms with Crippen molar-refractivity contribution in [1.82, 2.24) is 34.9 Å². The minimum atomic E-state index is 0.204. The van der Waals surface area contributed by atoms with Gasteiger partial charge in [-0.25, -0.2) is 4.68 Å². The van der Waals surface area contributed by atoms with Gasteiger partial charge in [-0.1, -0.05) is 6.92 Å². The summed E-state index contributed by atoms with van der Waals surface area (Å²) in [4.78, 5) is 18.7. The van der Waals surface area contributed by atoms with Crippen LogP contribution in [0.3, 0.4) is 0 Å². The highest BCUT2D eigenvalue weighted by molar-refractivity contribution is 5.73. The van der Waals surface area contributed by atoms with E-state index in [4.69, 9.17) is 0 Å². The molecule has 1 aromatic heterocycles. The highest BCUT2D eigenvalue weighted by Gasteiger charge is 2.36. The summed E-state index contributed by atoms with van der Waals surface area (Å²) in [5.74, 6) is 1.85. The molecular weight excluding hydrogens is 318 g/mol. The first kappa shape index (κ1) is 16.9. The number of nitrogens with zero attached hydrogens (tertiary/aromatic N) is 7. The zero-order valence-corrected chi connectivity index (χ0v) is 15.3. The summed E-state index contributed by atoms with van der Waals surface area (Å²) in [6.07, 6.45) is 3.48. The highest BCUT2D eigenvalue weighted by atomic mass is 16.2. The van der Waals surface area contributed by atoms with E-state index in [9.17, 15) is 4.79 Å². The Bertz CT molecular complexity index is 614. The Morgan fingerprint density at radius 2 is 2.00 bits per heavy atom. The third-order valence-corrected chi connectivity index (χ3v) is 5.91. The summed E-state index contributed by atoms with van der Waals surface area (Å²) in [7, 11) is 0. The number of carbonyl (C=O) groups excluding carboxylic acids is 1. The maximum absolute atomic E-state index is 11.6. The summed E-state index contributed by atoms with van der Waals surface area (Å²) in [5.41, 5.74) is 0. The number of likely N-dealkylation sites (tertiary alicyclic amines) is 1. The molecule has 4 rings (SSSR count). The summed E-state index contributed by atoms with van der Waals surface area (Å²) in [6.45, 7) is 10.9. The molecule has 138 valence electrons. The Morgan fingerprint density at radius 1 is 1.16 bits per heavy atom. The van der Waals surface area contributed by atoms with Crippen LogP contribution in [0.15, 0.2) is 0 Å². The highest BCUT2D eigenvalue weighted by Crippen LogP contribution is 2.35. The Balaban J connectivity index is 1.36. The van der Waals surface area contributed by atoms with Gasteiger partial charge in [0.2, 0.25) is 5.91 Å². The van der Waals surface area contributed by atoms with Gasteiger partial charge in [-0.15, -0.1) is 5.10 Å². The quantitative estimate of drug-likeness (QED) is 0.784. The molecule has 2 aliphatic heterocycles. The van der Waals surface area contributed by atoms with E-state index in [2.05, 4.69) is 32.2 Å². The van der Waals surface area contributed by atoms with Gasteiger partial charge >= 0.3 is 0 Å². The van der Waals surface area contributed by atoms with Crippen molar-refractivity contribution in [3.05, 3.63) is 5.82 Å². The van der Waals surface area contributed by atoms with Crippen molar-refractivity contribution in [2.45, 2.75) is 51.7 Å². The lowest BCUT2D eigenvalue weighted by Crippen LogP contribution is -2.43. The molecule has 0 unspecified atom stereocenters. The van der Waals surface area contributed by atoms with Gasteiger partial charge in [0.25, 0.3) is 0 Å². The maximum atomic E-state index is 11.6. The second kappa shape index (κ2) is 6.99. The molecule has 0 radical (unpaired) electrons. The molecule has 0 aromatic carbocycles. The normalized spacial score (nSPS) is 29.1. The molecule has 1 amide bonds. The van der Waals surface area contributed by atoms with Crippen molar-refractivity contribution < 1.29 is 4.79 Å². The average molecular weight is 347 g/mol. The Morgan fingerprint density at radius 3 is 2.76 bits per heavy atom. The van der Waals surface area contributed by atoms with Crippen LogP contribution >= 0.6 is 0 Å². The van der Waals surface area contributed by atoms with Crippen LogP contribution in [-0.2, 0) is 11.3 Å². The predicted octanol–water partition coefficient (Wildman–Crippen LogP) is 0.383. The number of rotatable bonds is 4. The van der Waals surface area contributed by atoms with Crippen LogP contribution in [0.25, 0.3) is 0 Å². The molecule has 1 saturated carbocycles. The number of amides is 1. The average Bonchev–Trinajstić information content (AvgIpc) is 3.29. The lowest BCUT2D eigenvalue weighted by atomic mass is 10.0. The molecule has 2 saturated heterocycles. The van der Waals surface area contributed by atoms with E-state index >= 15 is 0 Å². The lowest BCUT2D eigenvalue weighted by molar-refractivity contribution is -0.128. The molecule has 8 heteroatoms. The topological polar surface area (TPSA) is 70.4 Å². The number of tetrazole rings is 1. The van der Waals surface area contributed by atoms with Crippen LogP contribution in [0.1, 0.15) is 45.0 Å². The first-order valence-corrected chi connectivity index (χ1v) is 9.60. The van der Waals surface area contributed by atoms with Crippen molar-refractivity contribution in [2.24, 2.45) is 5.92 Å². The van der Waals surface area contributed by atoms with Crippen LogP contribution in [0, 0.1) is 5.92 Å². The molecular formula is C17H29N7O. The van der Waals surface area contributed by atoms with Gasteiger partial charge in [0.15, 0.2) is 5.82 Å². The van der Waals surface area contributed by atoms with E-state index in [1.165, 1.54) is 12.8 Å². The Hall–Kier alpha value is -1.54. The van der Waals surface area contributed by atoms with Gasteiger partial charge in [-0.05, 0) is 35.6 Å². The zero-order chi connectivity index (χ0) is 17.4. The second-order valence-corrected chi connectivity index (χ2v) is 7.91. The van der Waals surface area contributed by atoms with E-state index in [1.54, 1.807) is 6.92 Å². The third kappa shape index (κ3) is 3.69. The standard InChI is InChI=1S/C17H29N7O/c1-13-10-21(12-17-18-19-20-24(17)15-4-5-15)11-16(13)23-7-3-6-22(8-9-23)14(2)25/h13,15-16H,3-12H2,1-2H3/t13-,16-/m0/s1. The maximum Gasteiger partial charge on any atom is 0.219 e. The molecule has 0 N–H and O–H groups in total. The molecule has 3 aliphatic rings. The number of carbonyl (C=O) groups is 1. The fourth-order valence-corrected chi connectivity index (χ4v) is 4.36. The van der Waals surface area contributed by atoms with E-state index in [1.807, 2.05) is 9.58 Å². The summed E-state index contributed by atoms with van der Waals surface area (Å²) in [5, 5.41) is 12.3. The van der Waals surface area contributed by atoms with Crippen LogP contribution in [0.2, 0.25) is 0 Å². The van der Waals surface area contributed by atoms with E-state index < -0.39 is 0 Å². The van der Waals surface area contributed by atoms with Gasteiger partial charge in [0.05, 0.1) is 12.6 Å². The van der Waals surface area contributed by atoms with Crippen molar-refractivity contribution in [3.8, 4) is 0 Å². The third-order valence-electron chi connectivity index (χ3n) is 5.91. The molecule has 8 nitrogen and oxygen atoms in total. The SMILES string of the molecule is CC(=O)N1CCCN([C@H]2CN(Cc3nnnn3C3CC3)C[C@@H]2C)CC1. The van der Waals surface area contributed by atoms with Crippen LogP contribution in [0.5, 0.6) is 0 Å². The summed E-state index contributed by atoms with van der Waals surface area (Å²) in [6, 6.07) is 1.10. The number of hydrogen-bond donors (Lipinski definition) is 0.